The Bertz CT molecular complexity index is 947. The van der Waals surface area contributed by atoms with Gasteiger partial charge in [0.25, 0.3) is 0 Å². The van der Waals surface area contributed by atoms with Crippen molar-refractivity contribution in [2.75, 3.05) is 39.3 Å². The van der Waals surface area contributed by atoms with Crippen LogP contribution in [0, 0.1) is 0 Å². The number of piperazine rings is 1. The third-order valence-corrected chi connectivity index (χ3v) is 4.93. The zero-order valence-corrected chi connectivity index (χ0v) is 15.3. The van der Waals surface area contributed by atoms with Crippen molar-refractivity contribution in [1.82, 2.24) is 10.2 Å². The zero-order chi connectivity index (χ0) is 18.5. The van der Waals surface area contributed by atoms with E-state index < -0.39 is 0 Å². The van der Waals surface area contributed by atoms with Gasteiger partial charge in [-0.1, -0.05) is 30.3 Å². The number of hydrogen-bond acceptors (Lipinski definition) is 5. The second-order valence-corrected chi connectivity index (χ2v) is 6.80. The molecule has 0 atom stereocenters. The van der Waals surface area contributed by atoms with Gasteiger partial charge in [-0.2, -0.15) is 0 Å². The van der Waals surface area contributed by atoms with Crippen molar-refractivity contribution in [3.05, 3.63) is 65.0 Å². The van der Waals surface area contributed by atoms with E-state index >= 15 is 0 Å². The summed E-state index contributed by atoms with van der Waals surface area (Å²) in [6.45, 7) is 6.04. The van der Waals surface area contributed by atoms with Crippen LogP contribution in [0.5, 0.6) is 5.75 Å². The van der Waals surface area contributed by atoms with Crippen LogP contribution in [0.2, 0.25) is 0 Å². The summed E-state index contributed by atoms with van der Waals surface area (Å²) in [4.78, 5) is 15.2. The Hall–Kier alpha value is -2.63. The third-order valence-electron chi connectivity index (χ3n) is 4.93. The summed E-state index contributed by atoms with van der Waals surface area (Å²) < 4.78 is 11.6. The Labute approximate surface area is 158 Å². The molecule has 140 valence electrons. The van der Waals surface area contributed by atoms with Crippen molar-refractivity contribution in [1.29, 1.82) is 0 Å². The molecule has 1 aliphatic heterocycles. The molecule has 1 aliphatic rings. The molecule has 5 nitrogen and oxygen atoms in total. The summed E-state index contributed by atoms with van der Waals surface area (Å²) in [6.07, 6.45) is 2.52. The highest BCUT2D eigenvalue weighted by Crippen LogP contribution is 2.23. The Balaban J connectivity index is 1.42. The monoisotopic (exact) mass is 364 g/mol. The van der Waals surface area contributed by atoms with Crippen LogP contribution >= 0.6 is 0 Å². The fourth-order valence-electron chi connectivity index (χ4n) is 3.43. The maximum Gasteiger partial charge on any atom is 0.200 e. The van der Waals surface area contributed by atoms with Crippen LogP contribution in [-0.4, -0.2) is 44.2 Å². The molecule has 1 aromatic heterocycles. The molecule has 0 unspecified atom stereocenters. The lowest BCUT2D eigenvalue weighted by Crippen LogP contribution is -2.43. The lowest BCUT2D eigenvalue weighted by molar-refractivity contribution is 0.214. The van der Waals surface area contributed by atoms with Crippen molar-refractivity contribution < 1.29 is 9.15 Å². The van der Waals surface area contributed by atoms with Gasteiger partial charge in [0.05, 0.1) is 17.6 Å². The predicted octanol–water partition coefficient (Wildman–Crippen LogP) is 3.13. The van der Waals surface area contributed by atoms with Gasteiger partial charge in [-0.05, 0) is 24.1 Å². The average molecular weight is 364 g/mol. The zero-order valence-electron chi connectivity index (χ0n) is 15.3. The minimum absolute atomic E-state index is 0.0206. The number of fused-ring (bicyclic) bond motifs is 1. The highest BCUT2D eigenvalue weighted by molar-refractivity contribution is 5.82. The Kier molecular flexibility index (Phi) is 5.51. The molecule has 1 saturated heterocycles. The second kappa shape index (κ2) is 8.37. The molecule has 27 heavy (non-hydrogen) atoms. The molecule has 1 fully saturated rings. The third kappa shape index (κ3) is 4.21. The van der Waals surface area contributed by atoms with Crippen LogP contribution in [0.15, 0.2) is 64.0 Å². The van der Waals surface area contributed by atoms with Gasteiger partial charge in [0.15, 0.2) is 5.43 Å². The first-order chi connectivity index (χ1) is 13.3. The highest BCUT2D eigenvalue weighted by Gasteiger charge is 2.11. The van der Waals surface area contributed by atoms with Crippen molar-refractivity contribution in [3.8, 4) is 16.9 Å². The number of ether oxygens (including phenoxy) is 1. The second-order valence-electron chi connectivity index (χ2n) is 6.80. The Morgan fingerprint density at radius 3 is 2.70 bits per heavy atom. The van der Waals surface area contributed by atoms with Gasteiger partial charge in [0, 0.05) is 38.8 Å². The average Bonchev–Trinajstić information content (AvgIpc) is 2.73. The highest BCUT2D eigenvalue weighted by atomic mass is 16.5. The van der Waals surface area contributed by atoms with E-state index in [0.717, 1.165) is 50.5 Å². The molecular formula is C22H24N2O3. The van der Waals surface area contributed by atoms with Gasteiger partial charge >= 0.3 is 0 Å². The van der Waals surface area contributed by atoms with Crippen LogP contribution in [0.25, 0.3) is 22.1 Å². The predicted molar refractivity (Wildman–Crippen MR) is 107 cm³/mol. The van der Waals surface area contributed by atoms with Gasteiger partial charge in [-0.25, -0.2) is 0 Å². The molecule has 0 saturated carbocycles. The summed E-state index contributed by atoms with van der Waals surface area (Å²) in [6, 6.07) is 15.0. The maximum absolute atomic E-state index is 12.8. The molecular weight excluding hydrogens is 340 g/mol. The molecule has 0 amide bonds. The van der Waals surface area contributed by atoms with Crippen LogP contribution in [0.1, 0.15) is 6.42 Å². The Morgan fingerprint density at radius 2 is 1.89 bits per heavy atom. The molecule has 1 N–H and O–H groups in total. The van der Waals surface area contributed by atoms with E-state index in [1.165, 1.54) is 6.26 Å². The van der Waals surface area contributed by atoms with Gasteiger partial charge in [0.1, 0.15) is 17.6 Å². The number of hydrogen-bond donors (Lipinski definition) is 1. The molecule has 2 aromatic carbocycles. The Morgan fingerprint density at radius 1 is 1.07 bits per heavy atom. The van der Waals surface area contributed by atoms with Crippen molar-refractivity contribution in [2.24, 2.45) is 0 Å². The summed E-state index contributed by atoms with van der Waals surface area (Å²) in [5.41, 5.74) is 1.97. The standard InChI is InChI=1S/C22H24N2O3/c25-22-19-8-7-18(26-14-4-11-24-12-9-23-10-13-24)15-21(19)27-16-20(22)17-5-2-1-3-6-17/h1-3,5-8,15-16,23H,4,9-14H2. The first-order valence-electron chi connectivity index (χ1n) is 9.48. The van der Waals surface area contributed by atoms with Gasteiger partial charge in [0.2, 0.25) is 0 Å². The van der Waals surface area contributed by atoms with Crippen LogP contribution < -0.4 is 15.5 Å². The maximum atomic E-state index is 12.8. The minimum atomic E-state index is -0.0206. The van der Waals surface area contributed by atoms with Crippen molar-refractivity contribution >= 4 is 11.0 Å². The van der Waals surface area contributed by atoms with Crippen LogP contribution in [-0.2, 0) is 0 Å². The first kappa shape index (κ1) is 17.8. The molecule has 3 aromatic rings. The number of nitrogens with zero attached hydrogens (tertiary/aromatic N) is 1. The molecule has 2 heterocycles. The largest absolute Gasteiger partial charge is 0.493 e. The quantitative estimate of drug-likeness (QED) is 0.681. The topological polar surface area (TPSA) is 54.7 Å². The van der Waals surface area contributed by atoms with E-state index in [2.05, 4.69) is 10.2 Å². The van der Waals surface area contributed by atoms with Gasteiger partial charge in [-0.15, -0.1) is 0 Å². The minimum Gasteiger partial charge on any atom is -0.493 e. The van der Waals surface area contributed by atoms with E-state index in [0.29, 0.717) is 23.1 Å². The van der Waals surface area contributed by atoms with Gasteiger partial charge in [-0.3, -0.25) is 4.79 Å². The SMILES string of the molecule is O=c1c(-c2ccccc2)coc2cc(OCCCN3CCNCC3)ccc12. The summed E-state index contributed by atoms with van der Waals surface area (Å²) in [5.74, 6) is 0.735. The van der Waals surface area contributed by atoms with Gasteiger partial charge < -0.3 is 19.4 Å². The molecule has 0 bridgehead atoms. The molecule has 0 radical (unpaired) electrons. The normalized spacial score (nSPS) is 15.1. The van der Waals surface area contributed by atoms with E-state index in [1.54, 1.807) is 12.1 Å². The van der Waals surface area contributed by atoms with Crippen molar-refractivity contribution in [3.63, 3.8) is 0 Å². The number of nitrogens with one attached hydrogen (secondary N) is 1. The fourth-order valence-corrected chi connectivity index (χ4v) is 3.43. The van der Waals surface area contributed by atoms with Crippen molar-refractivity contribution in [2.45, 2.75) is 6.42 Å². The van der Waals surface area contributed by atoms with Crippen LogP contribution in [0.3, 0.4) is 0 Å². The van der Waals surface area contributed by atoms with E-state index in [-0.39, 0.29) is 5.43 Å². The lowest BCUT2D eigenvalue weighted by Gasteiger charge is -2.26. The summed E-state index contributed by atoms with van der Waals surface area (Å²) >= 11 is 0. The smallest absolute Gasteiger partial charge is 0.200 e. The summed E-state index contributed by atoms with van der Waals surface area (Å²) in [5, 5.41) is 3.93. The first-order valence-corrected chi connectivity index (χ1v) is 9.48. The summed E-state index contributed by atoms with van der Waals surface area (Å²) in [7, 11) is 0. The van der Waals surface area contributed by atoms with E-state index in [1.807, 2.05) is 36.4 Å². The molecule has 0 spiro atoms. The molecule has 4 rings (SSSR count). The fraction of sp³-hybridized carbons (Fsp3) is 0.318. The van der Waals surface area contributed by atoms with E-state index in [4.69, 9.17) is 9.15 Å². The molecule has 0 aliphatic carbocycles. The number of rotatable bonds is 6. The molecule has 5 heteroatoms. The number of benzene rings is 2. The lowest BCUT2D eigenvalue weighted by atomic mass is 10.1. The van der Waals surface area contributed by atoms with Crippen LogP contribution in [0.4, 0.5) is 0 Å². The van der Waals surface area contributed by atoms with E-state index in [9.17, 15) is 4.79 Å².